The fourth-order valence-electron chi connectivity index (χ4n) is 3.38. The number of aryl methyl sites for hydroxylation is 2. The number of carbonyl (C=O) groups excluding carboxylic acids is 1. The SMILES string of the molecule is CN(C(=O)c1ccc2c(c1)nc(CCc1ccc(C(=N)N)cc1)n2O)c1cccnc1. The molecular formula is C23H22N6O2. The van der Waals surface area contributed by atoms with Crippen molar-refractivity contribution in [1.29, 1.82) is 5.41 Å². The molecule has 0 unspecified atom stereocenters. The highest BCUT2D eigenvalue weighted by molar-refractivity contribution is 6.07. The molecule has 0 radical (unpaired) electrons. The van der Waals surface area contributed by atoms with Crippen LogP contribution in [0.15, 0.2) is 67.0 Å². The Balaban J connectivity index is 1.53. The number of imidazole rings is 1. The predicted octanol–water partition coefficient (Wildman–Crippen LogP) is 3.01. The summed E-state index contributed by atoms with van der Waals surface area (Å²) < 4.78 is 1.07. The van der Waals surface area contributed by atoms with E-state index < -0.39 is 0 Å². The molecule has 1 amide bonds. The second-order valence-electron chi connectivity index (χ2n) is 7.23. The number of fused-ring (bicyclic) bond motifs is 1. The molecule has 4 aromatic rings. The van der Waals surface area contributed by atoms with Crippen LogP contribution in [0.2, 0.25) is 0 Å². The fourth-order valence-corrected chi connectivity index (χ4v) is 3.38. The van der Waals surface area contributed by atoms with Gasteiger partial charge in [0.1, 0.15) is 17.2 Å². The number of nitrogen functional groups attached to an aromatic ring is 1. The van der Waals surface area contributed by atoms with E-state index in [0.717, 1.165) is 10.3 Å². The van der Waals surface area contributed by atoms with E-state index in [9.17, 15) is 10.0 Å². The van der Waals surface area contributed by atoms with E-state index in [1.807, 2.05) is 18.2 Å². The Morgan fingerprint density at radius 3 is 2.55 bits per heavy atom. The van der Waals surface area contributed by atoms with Gasteiger partial charge in [-0.25, -0.2) is 4.98 Å². The van der Waals surface area contributed by atoms with Gasteiger partial charge in [-0.05, 0) is 42.3 Å². The molecule has 0 spiro atoms. The largest absolute Gasteiger partial charge is 0.427 e. The van der Waals surface area contributed by atoms with E-state index >= 15 is 0 Å². The van der Waals surface area contributed by atoms with Crippen molar-refractivity contribution in [3.8, 4) is 0 Å². The van der Waals surface area contributed by atoms with E-state index in [4.69, 9.17) is 11.1 Å². The molecular weight excluding hydrogens is 392 g/mol. The number of carbonyl (C=O) groups is 1. The lowest BCUT2D eigenvalue weighted by atomic mass is 10.1. The lowest BCUT2D eigenvalue weighted by molar-refractivity contribution is 0.0993. The maximum absolute atomic E-state index is 12.8. The molecule has 156 valence electrons. The first-order valence-corrected chi connectivity index (χ1v) is 9.76. The summed E-state index contributed by atoms with van der Waals surface area (Å²) in [6.07, 6.45) is 4.46. The number of hydrogen-bond acceptors (Lipinski definition) is 5. The van der Waals surface area contributed by atoms with E-state index in [0.29, 0.717) is 46.5 Å². The van der Waals surface area contributed by atoms with E-state index in [2.05, 4.69) is 9.97 Å². The van der Waals surface area contributed by atoms with Crippen molar-refractivity contribution in [2.45, 2.75) is 12.8 Å². The second-order valence-corrected chi connectivity index (χ2v) is 7.23. The number of nitrogens with one attached hydrogen (secondary N) is 1. The van der Waals surface area contributed by atoms with Gasteiger partial charge in [0.15, 0.2) is 0 Å². The van der Waals surface area contributed by atoms with Gasteiger partial charge in [-0.3, -0.25) is 15.2 Å². The number of hydrogen-bond donors (Lipinski definition) is 3. The molecule has 2 heterocycles. The first-order valence-electron chi connectivity index (χ1n) is 9.76. The lowest BCUT2D eigenvalue weighted by Gasteiger charge is -2.16. The Kier molecular flexibility index (Phi) is 5.36. The van der Waals surface area contributed by atoms with Crippen LogP contribution in [0.3, 0.4) is 0 Å². The van der Waals surface area contributed by atoms with Gasteiger partial charge in [0, 0.05) is 30.8 Å². The van der Waals surface area contributed by atoms with Crippen LogP contribution in [0.25, 0.3) is 11.0 Å². The van der Waals surface area contributed by atoms with Crippen molar-refractivity contribution >= 4 is 28.5 Å². The van der Waals surface area contributed by atoms with Crippen LogP contribution in [0.1, 0.15) is 27.3 Å². The Morgan fingerprint density at radius 2 is 1.87 bits per heavy atom. The zero-order chi connectivity index (χ0) is 22.0. The number of nitrogens with two attached hydrogens (primary N) is 1. The van der Waals surface area contributed by atoms with Gasteiger partial charge >= 0.3 is 0 Å². The van der Waals surface area contributed by atoms with Crippen LogP contribution in [-0.2, 0) is 12.8 Å². The molecule has 0 aliphatic rings. The fraction of sp³-hybridized carbons (Fsp3) is 0.130. The van der Waals surface area contributed by atoms with E-state index in [1.165, 1.54) is 4.90 Å². The molecule has 31 heavy (non-hydrogen) atoms. The number of anilines is 1. The van der Waals surface area contributed by atoms with Gasteiger partial charge in [-0.2, -0.15) is 4.73 Å². The molecule has 0 saturated carbocycles. The van der Waals surface area contributed by atoms with Gasteiger partial charge in [0.05, 0.1) is 17.4 Å². The molecule has 4 N–H and O–H groups in total. The average molecular weight is 414 g/mol. The number of amidine groups is 1. The van der Waals surface area contributed by atoms with Gasteiger partial charge < -0.3 is 15.8 Å². The molecule has 8 nitrogen and oxygen atoms in total. The van der Waals surface area contributed by atoms with Crippen LogP contribution >= 0.6 is 0 Å². The maximum Gasteiger partial charge on any atom is 0.258 e. The first kappa shape index (κ1) is 20.1. The average Bonchev–Trinajstić information content (AvgIpc) is 3.12. The van der Waals surface area contributed by atoms with Gasteiger partial charge in [0.25, 0.3) is 5.91 Å². The summed E-state index contributed by atoms with van der Waals surface area (Å²) in [5.41, 5.74) is 9.47. The molecule has 0 aliphatic heterocycles. The highest BCUT2D eigenvalue weighted by Crippen LogP contribution is 2.20. The van der Waals surface area contributed by atoms with Crippen LogP contribution in [0.4, 0.5) is 5.69 Å². The minimum atomic E-state index is -0.186. The van der Waals surface area contributed by atoms with Gasteiger partial charge in [-0.1, -0.05) is 24.3 Å². The summed E-state index contributed by atoms with van der Waals surface area (Å²) in [7, 11) is 1.69. The van der Waals surface area contributed by atoms with Crippen LogP contribution < -0.4 is 10.6 Å². The Bertz CT molecular complexity index is 1250. The van der Waals surface area contributed by atoms with Gasteiger partial charge in [-0.15, -0.1) is 0 Å². The Labute approximate surface area is 179 Å². The number of amides is 1. The molecule has 0 atom stereocenters. The van der Waals surface area contributed by atoms with Gasteiger partial charge in [0.2, 0.25) is 0 Å². The number of aromatic nitrogens is 3. The first-order chi connectivity index (χ1) is 14.9. The third-order valence-electron chi connectivity index (χ3n) is 5.18. The Morgan fingerprint density at radius 1 is 1.13 bits per heavy atom. The van der Waals surface area contributed by atoms with E-state index in [1.54, 1.807) is 55.8 Å². The smallest absolute Gasteiger partial charge is 0.258 e. The minimum Gasteiger partial charge on any atom is -0.427 e. The molecule has 0 fully saturated rings. The summed E-state index contributed by atoms with van der Waals surface area (Å²) in [6, 6.07) is 16.1. The predicted molar refractivity (Wildman–Crippen MR) is 119 cm³/mol. The molecule has 2 aromatic carbocycles. The Hall–Kier alpha value is -4.20. The van der Waals surface area contributed by atoms with Crippen LogP contribution in [0.5, 0.6) is 0 Å². The van der Waals surface area contributed by atoms with Crippen molar-refractivity contribution in [3.05, 3.63) is 89.5 Å². The normalized spacial score (nSPS) is 10.9. The summed E-state index contributed by atoms with van der Waals surface area (Å²) >= 11 is 0. The highest BCUT2D eigenvalue weighted by Gasteiger charge is 2.17. The minimum absolute atomic E-state index is 0.0308. The summed E-state index contributed by atoms with van der Waals surface area (Å²) in [5, 5.41) is 18.0. The quantitative estimate of drug-likeness (QED) is 0.254. The monoisotopic (exact) mass is 414 g/mol. The van der Waals surface area contributed by atoms with Crippen molar-refractivity contribution in [3.63, 3.8) is 0 Å². The zero-order valence-electron chi connectivity index (χ0n) is 17.0. The third kappa shape index (κ3) is 4.09. The standard InChI is InChI=1S/C23H22N6O2/c1-28(18-3-2-12-26-14-18)23(30)17-9-10-20-19(13-17)27-21(29(20)31)11-6-15-4-7-16(8-5-15)22(24)25/h2-5,7-10,12-14,31H,6,11H2,1H3,(H3,24,25). The number of benzene rings is 2. The topological polar surface area (TPSA) is 121 Å². The molecule has 0 saturated heterocycles. The highest BCUT2D eigenvalue weighted by atomic mass is 16.5. The second kappa shape index (κ2) is 8.27. The molecule has 0 aliphatic carbocycles. The number of nitrogens with zero attached hydrogens (tertiary/aromatic N) is 4. The summed E-state index contributed by atoms with van der Waals surface area (Å²) in [5.74, 6) is 0.355. The van der Waals surface area contributed by atoms with Crippen LogP contribution in [-0.4, -0.2) is 38.7 Å². The lowest BCUT2D eigenvalue weighted by Crippen LogP contribution is -2.26. The van der Waals surface area contributed by atoms with Crippen LogP contribution in [0, 0.1) is 5.41 Å². The third-order valence-corrected chi connectivity index (χ3v) is 5.18. The summed E-state index contributed by atoms with van der Waals surface area (Å²) in [4.78, 5) is 22.9. The van der Waals surface area contributed by atoms with Crippen molar-refractivity contribution in [2.24, 2.45) is 5.73 Å². The van der Waals surface area contributed by atoms with E-state index in [-0.39, 0.29) is 11.7 Å². The molecule has 8 heteroatoms. The molecule has 2 aromatic heterocycles. The molecule has 4 rings (SSSR count). The molecule has 0 bridgehead atoms. The summed E-state index contributed by atoms with van der Waals surface area (Å²) in [6.45, 7) is 0. The van der Waals surface area contributed by atoms with Crippen molar-refractivity contribution in [1.82, 2.24) is 14.7 Å². The van der Waals surface area contributed by atoms with Crippen molar-refractivity contribution < 1.29 is 10.0 Å². The van der Waals surface area contributed by atoms with Crippen molar-refractivity contribution in [2.75, 3.05) is 11.9 Å². The number of rotatable bonds is 6. The maximum atomic E-state index is 12.8. The zero-order valence-corrected chi connectivity index (χ0v) is 17.0. The number of pyridine rings is 1.